The molecule has 1 spiro atoms. The maximum Gasteiger partial charge on any atom is 0.255 e. The maximum absolute atomic E-state index is 12.7. The molecule has 1 aromatic carbocycles. The van der Waals surface area contributed by atoms with Gasteiger partial charge in [0.15, 0.2) is 0 Å². The van der Waals surface area contributed by atoms with E-state index < -0.39 is 5.66 Å². The Hall–Kier alpha value is -2.57. The molecule has 3 amide bonds. The van der Waals surface area contributed by atoms with E-state index >= 15 is 0 Å². The molecule has 1 aromatic rings. The molecule has 2 saturated heterocycles. The van der Waals surface area contributed by atoms with Crippen molar-refractivity contribution in [1.82, 2.24) is 15.1 Å². The van der Waals surface area contributed by atoms with Crippen LogP contribution in [0.2, 0.25) is 0 Å². The van der Waals surface area contributed by atoms with E-state index in [0.29, 0.717) is 31.4 Å². The first-order chi connectivity index (χ1) is 13.6. The summed E-state index contributed by atoms with van der Waals surface area (Å²) in [6.45, 7) is 2.17. The van der Waals surface area contributed by atoms with Crippen molar-refractivity contribution < 1.29 is 14.4 Å². The van der Waals surface area contributed by atoms with Crippen LogP contribution in [0, 0.1) is 0 Å². The van der Waals surface area contributed by atoms with Gasteiger partial charge in [-0.15, -0.1) is 0 Å². The molecule has 2 fully saturated rings. The first-order valence-electron chi connectivity index (χ1n) is 10.3. The van der Waals surface area contributed by atoms with Crippen LogP contribution in [0.3, 0.4) is 0 Å². The van der Waals surface area contributed by atoms with E-state index in [1.54, 1.807) is 11.0 Å². The summed E-state index contributed by atoms with van der Waals surface area (Å²) in [4.78, 5) is 41.5. The number of carbonyl (C=O) groups excluding carboxylic acids is 3. The number of hydrogen-bond acceptors (Lipinski definition) is 4. The van der Waals surface area contributed by atoms with Crippen molar-refractivity contribution in [2.45, 2.75) is 50.6 Å². The van der Waals surface area contributed by atoms with Gasteiger partial charge in [0.05, 0.1) is 12.1 Å². The molecule has 150 valence electrons. The van der Waals surface area contributed by atoms with Gasteiger partial charge in [-0.3, -0.25) is 14.4 Å². The normalized spacial score (nSPS) is 25.4. The number of rotatable bonds is 2. The van der Waals surface area contributed by atoms with Crippen LogP contribution in [-0.2, 0) is 9.59 Å². The van der Waals surface area contributed by atoms with E-state index in [1.807, 2.05) is 23.1 Å². The largest absolute Gasteiger partial charge is 0.362 e. The zero-order valence-corrected chi connectivity index (χ0v) is 16.2. The Morgan fingerprint density at radius 3 is 2.50 bits per heavy atom. The third-order valence-electron chi connectivity index (χ3n) is 6.11. The molecule has 0 radical (unpaired) electrons. The highest BCUT2D eigenvalue weighted by atomic mass is 16.2. The number of amides is 3. The number of nitrogens with one attached hydrogen (secondary N) is 2. The minimum Gasteiger partial charge on any atom is -0.362 e. The minimum atomic E-state index is -0.637. The number of para-hydroxylation sites is 1. The standard InChI is InChI=1S/C21H28N4O3/c26-18-9-10-21(22-17-8-4-3-7-16(17)20(28)23-21)11-14-25(18)15-19(27)24-12-5-1-2-6-13-24/h3-4,7-8,22H,1-2,5-6,9-15H2,(H,23,28). The van der Waals surface area contributed by atoms with Gasteiger partial charge >= 0.3 is 0 Å². The summed E-state index contributed by atoms with van der Waals surface area (Å²) in [6.07, 6.45) is 5.81. The van der Waals surface area contributed by atoms with Crippen LogP contribution in [-0.4, -0.2) is 59.4 Å². The topological polar surface area (TPSA) is 81.8 Å². The average Bonchev–Trinajstić information content (AvgIpc) is 3.05. The predicted molar refractivity (Wildman–Crippen MR) is 106 cm³/mol. The number of nitrogens with zero attached hydrogens (tertiary/aromatic N) is 2. The molecule has 1 unspecified atom stereocenters. The fourth-order valence-corrected chi connectivity index (χ4v) is 4.42. The van der Waals surface area contributed by atoms with E-state index in [-0.39, 0.29) is 24.3 Å². The second kappa shape index (κ2) is 7.81. The molecule has 7 heteroatoms. The number of hydrogen-bond donors (Lipinski definition) is 2. The van der Waals surface area contributed by atoms with Crippen LogP contribution >= 0.6 is 0 Å². The molecule has 1 atom stereocenters. The van der Waals surface area contributed by atoms with Crippen molar-refractivity contribution in [3.05, 3.63) is 29.8 Å². The monoisotopic (exact) mass is 384 g/mol. The fourth-order valence-electron chi connectivity index (χ4n) is 4.42. The summed E-state index contributed by atoms with van der Waals surface area (Å²) in [5.74, 6) is -0.0944. The van der Waals surface area contributed by atoms with Crippen molar-refractivity contribution in [1.29, 1.82) is 0 Å². The third-order valence-corrected chi connectivity index (χ3v) is 6.11. The summed E-state index contributed by atoms with van der Waals surface area (Å²) >= 11 is 0. The second-order valence-electron chi connectivity index (χ2n) is 8.07. The maximum atomic E-state index is 12.7. The quantitative estimate of drug-likeness (QED) is 0.817. The lowest BCUT2D eigenvalue weighted by Gasteiger charge is -2.39. The summed E-state index contributed by atoms with van der Waals surface area (Å²) < 4.78 is 0. The molecule has 0 aromatic heterocycles. The lowest BCUT2D eigenvalue weighted by atomic mass is 9.95. The van der Waals surface area contributed by atoms with Gasteiger partial charge in [-0.2, -0.15) is 0 Å². The lowest BCUT2D eigenvalue weighted by molar-refractivity contribution is -0.140. The molecular formula is C21H28N4O3. The van der Waals surface area contributed by atoms with Gasteiger partial charge in [0, 0.05) is 38.2 Å². The Morgan fingerprint density at radius 2 is 1.71 bits per heavy atom. The van der Waals surface area contributed by atoms with Crippen LogP contribution < -0.4 is 10.6 Å². The van der Waals surface area contributed by atoms with Crippen molar-refractivity contribution in [3.8, 4) is 0 Å². The highest BCUT2D eigenvalue weighted by Gasteiger charge is 2.40. The predicted octanol–water partition coefficient (Wildman–Crippen LogP) is 1.95. The van der Waals surface area contributed by atoms with E-state index in [1.165, 1.54) is 12.8 Å². The van der Waals surface area contributed by atoms with Gasteiger partial charge < -0.3 is 20.4 Å². The number of anilines is 1. The molecule has 7 nitrogen and oxygen atoms in total. The molecule has 0 saturated carbocycles. The van der Waals surface area contributed by atoms with Gasteiger partial charge in [-0.1, -0.05) is 25.0 Å². The molecule has 3 heterocycles. The van der Waals surface area contributed by atoms with Crippen LogP contribution in [0.15, 0.2) is 24.3 Å². The number of carbonyl (C=O) groups is 3. The average molecular weight is 384 g/mol. The number of likely N-dealkylation sites (tertiary alicyclic amines) is 2. The summed E-state index contributed by atoms with van der Waals surface area (Å²) in [5, 5.41) is 6.51. The van der Waals surface area contributed by atoms with Gasteiger partial charge in [0.25, 0.3) is 5.91 Å². The summed E-state index contributed by atoms with van der Waals surface area (Å²) in [6, 6.07) is 7.42. The van der Waals surface area contributed by atoms with E-state index in [0.717, 1.165) is 31.6 Å². The minimum absolute atomic E-state index is 0.0186. The van der Waals surface area contributed by atoms with E-state index in [9.17, 15) is 14.4 Å². The first kappa shape index (κ1) is 18.8. The highest BCUT2D eigenvalue weighted by Crippen LogP contribution is 2.31. The molecule has 4 rings (SSSR count). The Labute approximate surface area is 165 Å². The zero-order chi connectivity index (χ0) is 19.6. The highest BCUT2D eigenvalue weighted by molar-refractivity contribution is 6.02. The Morgan fingerprint density at radius 1 is 0.964 bits per heavy atom. The fraction of sp³-hybridized carbons (Fsp3) is 0.571. The van der Waals surface area contributed by atoms with Crippen LogP contribution in [0.1, 0.15) is 55.3 Å². The van der Waals surface area contributed by atoms with Gasteiger partial charge in [-0.05, 0) is 31.4 Å². The molecular weight excluding hydrogens is 356 g/mol. The smallest absolute Gasteiger partial charge is 0.255 e. The van der Waals surface area contributed by atoms with Crippen molar-refractivity contribution >= 4 is 23.4 Å². The molecule has 28 heavy (non-hydrogen) atoms. The lowest BCUT2D eigenvalue weighted by Crippen LogP contribution is -2.58. The Bertz CT molecular complexity index is 773. The zero-order valence-electron chi connectivity index (χ0n) is 16.2. The first-order valence-corrected chi connectivity index (χ1v) is 10.3. The number of benzene rings is 1. The van der Waals surface area contributed by atoms with Crippen molar-refractivity contribution in [3.63, 3.8) is 0 Å². The van der Waals surface area contributed by atoms with Crippen molar-refractivity contribution in [2.24, 2.45) is 0 Å². The van der Waals surface area contributed by atoms with Crippen LogP contribution in [0.4, 0.5) is 5.69 Å². The van der Waals surface area contributed by atoms with Crippen LogP contribution in [0.25, 0.3) is 0 Å². The van der Waals surface area contributed by atoms with Gasteiger partial charge in [-0.25, -0.2) is 0 Å². The molecule has 3 aliphatic heterocycles. The Balaban J connectivity index is 1.43. The number of fused-ring (bicyclic) bond motifs is 1. The SMILES string of the molecule is O=C1NC2(CCC(=O)N(CC(=O)N3CCCCCC3)CC2)Nc2ccccc21. The van der Waals surface area contributed by atoms with Crippen molar-refractivity contribution in [2.75, 3.05) is 31.5 Å². The van der Waals surface area contributed by atoms with Gasteiger partial charge in [0.2, 0.25) is 11.8 Å². The molecule has 2 N–H and O–H groups in total. The summed E-state index contributed by atoms with van der Waals surface area (Å²) in [7, 11) is 0. The molecule has 3 aliphatic rings. The van der Waals surface area contributed by atoms with Crippen LogP contribution in [0.5, 0.6) is 0 Å². The third kappa shape index (κ3) is 3.84. The Kier molecular flexibility index (Phi) is 5.24. The van der Waals surface area contributed by atoms with Gasteiger partial charge in [0.1, 0.15) is 5.66 Å². The molecule has 0 bridgehead atoms. The second-order valence-corrected chi connectivity index (χ2v) is 8.07. The van der Waals surface area contributed by atoms with E-state index in [4.69, 9.17) is 0 Å². The molecule has 0 aliphatic carbocycles. The summed E-state index contributed by atoms with van der Waals surface area (Å²) in [5.41, 5.74) is 0.784. The van der Waals surface area contributed by atoms with E-state index in [2.05, 4.69) is 10.6 Å².